The Balaban J connectivity index is 2.19. The van der Waals surface area contributed by atoms with Crippen LogP contribution in [0.5, 0.6) is 0 Å². The van der Waals surface area contributed by atoms with Crippen molar-refractivity contribution in [2.45, 2.75) is 11.4 Å². The van der Waals surface area contributed by atoms with Gasteiger partial charge < -0.3 is 5.11 Å². The molecule has 0 aliphatic carbocycles. The van der Waals surface area contributed by atoms with E-state index in [4.69, 9.17) is 28.3 Å². The van der Waals surface area contributed by atoms with E-state index < -0.39 is 16.0 Å². The first-order chi connectivity index (χ1) is 9.79. The molecular weight excluding hydrogens is 357 g/mol. The van der Waals surface area contributed by atoms with Crippen molar-refractivity contribution in [2.75, 3.05) is 0 Å². The molecule has 0 bridgehead atoms. The first-order valence-electron chi connectivity index (χ1n) is 5.56. The Labute approximate surface area is 135 Å². The number of hydrogen-bond acceptors (Lipinski definition) is 4. The third kappa shape index (κ3) is 3.96. The van der Waals surface area contributed by atoms with E-state index in [1.54, 1.807) is 12.1 Å². The SMILES string of the molecule is O=C(O)c1ccc(S(=O)(=O)NCc2ccc(Cl)s2)cc1Cl. The van der Waals surface area contributed by atoms with Crippen molar-refractivity contribution >= 4 is 50.5 Å². The Morgan fingerprint density at radius 2 is 1.95 bits per heavy atom. The van der Waals surface area contributed by atoms with E-state index in [0.717, 1.165) is 17.0 Å². The third-order valence-electron chi connectivity index (χ3n) is 2.55. The lowest BCUT2D eigenvalue weighted by molar-refractivity contribution is 0.0697. The highest BCUT2D eigenvalue weighted by molar-refractivity contribution is 7.89. The highest BCUT2D eigenvalue weighted by Gasteiger charge is 2.17. The van der Waals surface area contributed by atoms with Gasteiger partial charge in [-0.25, -0.2) is 17.9 Å². The predicted octanol–water partition coefficient (Wildman–Crippen LogP) is 3.23. The molecule has 0 amide bonds. The van der Waals surface area contributed by atoms with E-state index in [1.165, 1.54) is 17.4 Å². The fourth-order valence-corrected chi connectivity index (χ4v) is 4.01. The maximum absolute atomic E-state index is 12.1. The summed E-state index contributed by atoms with van der Waals surface area (Å²) in [5.41, 5.74) is -0.152. The van der Waals surface area contributed by atoms with Gasteiger partial charge in [-0.1, -0.05) is 23.2 Å². The van der Waals surface area contributed by atoms with E-state index in [9.17, 15) is 13.2 Å². The number of rotatable bonds is 5. The van der Waals surface area contributed by atoms with Crippen molar-refractivity contribution in [2.24, 2.45) is 0 Å². The van der Waals surface area contributed by atoms with E-state index in [0.29, 0.717) is 4.34 Å². The maximum atomic E-state index is 12.1. The molecule has 0 aliphatic heterocycles. The molecule has 112 valence electrons. The lowest BCUT2D eigenvalue weighted by Crippen LogP contribution is -2.22. The number of carboxylic acid groups (broad SMARTS) is 1. The van der Waals surface area contributed by atoms with Gasteiger partial charge >= 0.3 is 5.97 Å². The second kappa shape index (κ2) is 6.33. The number of benzene rings is 1. The highest BCUT2D eigenvalue weighted by atomic mass is 35.5. The summed E-state index contributed by atoms with van der Waals surface area (Å²) in [4.78, 5) is 11.5. The minimum absolute atomic E-state index is 0.0953. The zero-order valence-corrected chi connectivity index (χ0v) is 13.5. The number of carbonyl (C=O) groups is 1. The molecule has 1 aromatic heterocycles. The molecule has 0 radical (unpaired) electrons. The average Bonchev–Trinajstić information content (AvgIpc) is 2.82. The fraction of sp³-hybridized carbons (Fsp3) is 0.0833. The molecule has 0 saturated heterocycles. The summed E-state index contributed by atoms with van der Waals surface area (Å²) >= 11 is 12.8. The number of halogens is 2. The van der Waals surface area contributed by atoms with E-state index in [2.05, 4.69) is 4.72 Å². The number of carboxylic acids is 1. The second-order valence-corrected chi connectivity index (χ2v) is 7.95. The number of aromatic carboxylic acids is 1. The van der Waals surface area contributed by atoms with Crippen molar-refractivity contribution in [1.29, 1.82) is 0 Å². The van der Waals surface area contributed by atoms with Crippen molar-refractivity contribution in [3.8, 4) is 0 Å². The largest absolute Gasteiger partial charge is 0.478 e. The molecule has 0 spiro atoms. The molecular formula is C12H9Cl2NO4S2. The molecule has 0 aliphatic rings. The van der Waals surface area contributed by atoms with Gasteiger partial charge in [0.05, 0.1) is 19.8 Å². The molecule has 5 nitrogen and oxygen atoms in total. The second-order valence-electron chi connectivity index (χ2n) is 3.98. The topological polar surface area (TPSA) is 83.5 Å². The highest BCUT2D eigenvalue weighted by Crippen LogP contribution is 2.23. The average molecular weight is 366 g/mol. The van der Waals surface area contributed by atoms with Crippen LogP contribution in [-0.4, -0.2) is 19.5 Å². The van der Waals surface area contributed by atoms with Crippen molar-refractivity contribution in [1.82, 2.24) is 4.72 Å². The van der Waals surface area contributed by atoms with Gasteiger partial charge in [-0.3, -0.25) is 0 Å². The van der Waals surface area contributed by atoms with Crippen molar-refractivity contribution < 1.29 is 18.3 Å². The lowest BCUT2D eigenvalue weighted by Gasteiger charge is -2.07. The minimum atomic E-state index is -3.78. The monoisotopic (exact) mass is 365 g/mol. The van der Waals surface area contributed by atoms with Crippen molar-refractivity contribution in [3.05, 3.63) is 50.1 Å². The fourth-order valence-electron chi connectivity index (χ4n) is 1.53. The summed E-state index contributed by atoms with van der Waals surface area (Å²) in [5, 5.41) is 8.72. The standard InChI is InChI=1S/C12H9Cl2NO4S2/c13-10-5-8(2-3-9(10)12(16)17)21(18,19)15-6-7-1-4-11(14)20-7/h1-5,15H,6H2,(H,16,17). The molecule has 0 unspecified atom stereocenters. The van der Waals surface area contributed by atoms with Gasteiger partial charge in [0.15, 0.2) is 0 Å². The van der Waals surface area contributed by atoms with Crippen LogP contribution in [0.2, 0.25) is 9.36 Å². The van der Waals surface area contributed by atoms with Crippen LogP contribution in [0.3, 0.4) is 0 Å². The van der Waals surface area contributed by atoms with Crippen LogP contribution in [0, 0.1) is 0 Å². The maximum Gasteiger partial charge on any atom is 0.337 e. The quantitative estimate of drug-likeness (QED) is 0.851. The molecule has 0 saturated carbocycles. The van der Waals surface area contributed by atoms with Gasteiger partial charge in [-0.05, 0) is 30.3 Å². The van der Waals surface area contributed by atoms with Crippen LogP contribution in [0.4, 0.5) is 0 Å². The number of nitrogens with one attached hydrogen (secondary N) is 1. The Morgan fingerprint density at radius 3 is 2.48 bits per heavy atom. The molecule has 9 heteroatoms. The van der Waals surface area contributed by atoms with Gasteiger partial charge in [-0.2, -0.15) is 0 Å². The number of thiophene rings is 1. The first kappa shape index (κ1) is 16.3. The van der Waals surface area contributed by atoms with E-state index >= 15 is 0 Å². The van der Waals surface area contributed by atoms with Gasteiger partial charge in [-0.15, -0.1) is 11.3 Å². The summed E-state index contributed by atoms with van der Waals surface area (Å²) in [5.74, 6) is -1.22. The summed E-state index contributed by atoms with van der Waals surface area (Å²) in [7, 11) is -3.78. The lowest BCUT2D eigenvalue weighted by atomic mass is 10.2. The molecule has 21 heavy (non-hydrogen) atoms. The minimum Gasteiger partial charge on any atom is -0.478 e. The molecule has 0 atom stereocenters. The van der Waals surface area contributed by atoms with E-state index in [-0.39, 0.29) is 22.0 Å². The Hall–Kier alpha value is -1.12. The zero-order chi connectivity index (χ0) is 15.6. The predicted molar refractivity (Wildman–Crippen MR) is 81.8 cm³/mol. The summed E-state index contributed by atoms with van der Waals surface area (Å²) in [6, 6.07) is 6.85. The summed E-state index contributed by atoms with van der Waals surface area (Å²) in [6.07, 6.45) is 0. The smallest absolute Gasteiger partial charge is 0.337 e. The molecule has 2 rings (SSSR count). The number of sulfonamides is 1. The van der Waals surface area contributed by atoms with Crippen LogP contribution < -0.4 is 4.72 Å². The molecule has 1 heterocycles. The Bertz CT molecular complexity index is 786. The van der Waals surface area contributed by atoms with Crippen LogP contribution in [0.25, 0.3) is 0 Å². The van der Waals surface area contributed by atoms with Crippen molar-refractivity contribution in [3.63, 3.8) is 0 Å². The third-order valence-corrected chi connectivity index (χ3v) is 5.49. The Kier molecular flexibility index (Phi) is 4.90. The van der Waals surface area contributed by atoms with Gasteiger partial charge in [0, 0.05) is 11.4 Å². The summed E-state index contributed by atoms with van der Waals surface area (Å²) < 4.78 is 27.2. The first-order valence-corrected chi connectivity index (χ1v) is 8.62. The molecule has 2 N–H and O–H groups in total. The number of hydrogen-bond donors (Lipinski definition) is 2. The molecule has 1 aromatic carbocycles. The van der Waals surface area contributed by atoms with Crippen LogP contribution in [-0.2, 0) is 16.6 Å². The van der Waals surface area contributed by atoms with Gasteiger partial charge in [0.1, 0.15) is 0 Å². The summed E-state index contributed by atoms with van der Waals surface area (Å²) in [6.45, 7) is 0.0953. The van der Waals surface area contributed by atoms with Gasteiger partial charge in [0.2, 0.25) is 10.0 Å². The van der Waals surface area contributed by atoms with Crippen LogP contribution in [0.1, 0.15) is 15.2 Å². The van der Waals surface area contributed by atoms with Crippen LogP contribution >= 0.6 is 34.5 Å². The van der Waals surface area contributed by atoms with Gasteiger partial charge in [0.25, 0.3) is 0 Å². The van der Waals surface area contributed by atoms with Crippen LogP contribution in [0.15, 0.2) is 35.2 Å². The van der Waals surface area contributed by atoms with E-state index in [1.807, 2.05) is 0 Å². The normalized spacial score (nSPS) is 11.5. The molecule has 2 aromatic rings. The molecule has 0 fully saturated rings. The zero-order valence-electron chi connectivity index (χ0n) is 10.3. The Morgan fingerprint density at radius 1 is 1.24 bits per heavy atom.